The number of benzene rings is 2. The summed E-state index contributed by atoms with van der Waals surface area (Å²) in [6, 6.07) is 11.3. The van der Waals surface area contributed by atoms with Gasteiger partial charge in [-0.1, -0.05) is 18.2 Å². The Kier molecular flexibility index (Phi) is 2.57. The fraction of sp³-hybridized carbons (Fsp3) is 0.0714. The van der Waals surface area contributed by atoms with Crippen LogP contribution < -0.4 is 0 Å². The van der Waals surface area contributed by atoms with E-state index in [4.69, 9.17) is 0 Å². The largest absolute Gasteiger partial charge is 0.384 e. The van der Waals surface area contributed by atoms with Crippen LogP contribution >= 0.6 is 0 Å². The van der Waals surface area contributed by atoms with Crippen LogP contribution in [-0.2, 0) is 0 Å². The number of rotatable bonds is 2. The van der Waals surface area contributed by atoms with Gasteiger partial charge in [-0.05, 0) is 35.4 Å². The molecule has 0 aliphatic rings. The molecule has 0 aliphatic heterocycles. The standard InChI is InChI=1S/C14H11FN2O/c15-11-4-1-9(2-5-11)14(18)10-3-6-12-13(7-10)17-8-16-12/h1-8,14,18H,(H,16,17). The normalized spacial score (nSPS) is 12.8. The minimum absolute atomic E-state index is 0.310. The van der Waals surface area contributed by atoms with E-state index in [1.165, 1.54) is 12.1 Å². The number of fused-ring (bicyclic) bond motifs is 1. The van der Waals surface area contributed by atoms with Crippen molar-refractivity contribution in [3.8, 4) is 0 Å². The maximum absolute atomic E-state index is 12.8. The van der Waals surface area contributed by atoms with Crippen LogP contribution in [0.1, 0.15) is 17.2 Å². The van der Waals surface area contributed by atoms with Crippen LogP contribution in [0.25, 0.3) is 11.0 Å². The first-order chi connectivity index (χ1) is 8.74. The molecule has 3 rings (SSSR count). The fourth-order valence-corrected chi connectivity index (χ4v) is 1.96. The zero-order chi connectivity index (χ0) is 12.5. The summed E-state index contributed by atoms with van der Waals surface area (Å²) in [7, 11) is 0. The first-order valence-electron chi connectivity index (χ1n) is 5.60. The number of nitrogens with zero attached hydrogens (tertiary/aromatic N) is 1. The van der Waals surface area contributed by atoms with Gasteiger partial charge >= 0.3 is 0 Å². The van der Waals surface area contributed by atoms with Crippen molar-refractivity contribution in [2.75, 3.05) is 0 Å². The number of H-pyrrole nitrogens is 1. The molecular weight excluding hydrogens is 231 g/mol. The third-order valence-corrected chi connectivity index (χ3v) is 2.95. The van der Waals surface area contributed by atoms with E-state index >= 15 is 0 Å². The average Bonchev–Trinajstić information content (AvgIpc) is 2.86. The molecule has 0 spiro atoms. The van der Waals surface area contributed by atoms with Gasteiger partial charge in [-0.3, -0.25) is 0 Å². The van der Waals surface area contributed by atoms with E-state index in [2.05, 4.69) is 9.97 Å². The number of aromatic nitrogens is 2. The third kappa shape index (κ3) is 1.87. The van der Waals surface area contributed by atoms with Gasteiger partial charge in [0.1, 0.15) is 11.9 Å². The van der Waals surface area contributed by atoms with Crippen LogP contribution in [0.4, 0.5) is 4.39 Å². The first kappa shape index (κ1) is 10.9. The third-order valence-electron chi connectivity index (χ3n) is 2.95. The first-order valence-corrected chi connectivity index (χ1v) is 5.60. The summed E-state index contributed by atoms with van der Waals surface area (Å²) in [5, 5.41) is 10.2. The van der Waals surface area contributed by atoms with Crippen LogP contribution in [0.5, 0.6) is 0 Å². The molecule has 4 heteroatoms. The topological polar surface area (TPSA) is 48.9 Å². The molecule has 0 fully saturated rings. The predicted octanol–water partition coefficient (Wildman–Crippen LogP) is 2.78. The van der Waals surface area contributed by atoms with Crippen molar-refractivity contribution in [3.63, 3.8) is 0 Å². The number of hydrogen-bond acceptors (Lipinski definition) is 2. The van der Waals surface area contributed by atoms with Crippen LogP contribution in [0.2, 0.25) is 0 Å². The summed E-state index contributed by atoms with van der Waals surface area (Å²) < 4.78 is 12.8. The molecule has 90 valence electrons. The average molecular weight is 242 g/mol. The number of hydrogen-bond donors (Lipinski definition) is 2. The van der Waals surface area contributed by atoms with Gasteiger partial charge in [0.05, 0.1) is 17.4 Å². The van der Waals surface area contributed by atoms with Crippen molar-refractivity contribution in [3.05, 3.63) is 65.7 Å². The second-order valence-corrected chi connectivity index (χ2v) is 4.13. The van der Waals surface area contributed by atoms with E-state index in [-0.39, 0.29) is 5.82 Å². The maximum Gasteiger partial charge on any atom is 0.123 e. The van der Waals surface area contributed by atoms with Crippen LogP contribution in [0, 0.1) is 5.82 Å². The maximum atomic E-state index is 12.8. The van der Waals surface area contributed by atoms with Crippen molar-refractivity contribution in [1.29, 1.82) is 0 Å². The van der Waals surface area contributed by atoms with Gasteiger partial charge in [-0.15, -0.1) is 0 Å². The number of imidazole rings is 1. The van der Waals surface area contributed by atoms with Crippen LogP contribution in [-0.4, -0.2) is 15.1 Å². The van der Waals surface area contributed by atoms with E-state index in [9.17, 15) is 9.50 Å². The van der Waals surface area contributed by atoms with E-state index < -0.39 is 6.10 Å². The highest BCUT2D eigenvalue weighted by Crippen LogP contribution is 2.24. The fourth-order valence-electron chi connectivity index (χ4n) is 1.96. The van der Waals surface area contributed by atoms with Crippen molar-refractivity contribution in [1.82, 2.24) is 9.97 Å². The Morgan fingerprint density at radius 2 is 1.78 bits per heavy atom. The lowest BCUT2D eigenvalue weighted by atomic mass is 10.0. The van der Waals surface area contributed by atoms with Crippen LogP contribution in [0.15, 0.2) is 48.8 Å². The molecule has 1 atom stereocenters. The summed E-state index contributed by atoms with van der Waals surface area (Å²) in [4.78, 5) is 7.11. The monoisotopic (exact) mass is 242 g/mol. The van der Waals surface area contributed by atoms with Crippen molar-refractivity contribution in [2.45, 2.75) is 6.10 Å². The molecule has 1 aromatic heterocycles. The number of aliphatic hydroxyl groups is 1. The lowest BCUT2D eigenvalue weighted by molar-refractivity contribution is 0.220. The van der Waals surface area contributed by atoms with Crippen molar-refractivity contribution in [2.24, 2.45) is 0 Å². The molecule has 3 nitrogen and oxygen atoms in total. The Morgan fingerprint density at radius 1 is 1.06 bits per heavy atom. The van der Waals surface area contributed by atoms with Gasteiger partial charge in [-0.25, -0.2) is 9.37 Å². The second-order valence-electron chi connectivity index (χ2n) is 4.13. The van der Waals surface area contributed by atoms with Gasteiger partial charge in [0.25, 0.3) is 0 Å². The molecule has 0 saturated heterocycles. The highest BCUT2D eigenvalue weighted by molar-refractivity contribution is 5.75. The Balaban J connectivity index is 2.00. The smallest absolute Gasteiger partial charge is 0.123 e. The van der Waals surface area contributed by atoms with E-state index in [1.807, 2.05) is 18.2 Å². The molecular formula is C14H11FN2O. The molecule has 0 bridgehead atoms. The Hall–Kier alpha value is -2.20. The van der Waals surface area contributed by atoms with Gasteiger partial charge < -0.3 is 10.1 Å². The molecule has 2 aromatic carbocycles. The summed E-state index contributed by atoms with van der Waals surface area (Å²) in [6.45, 7) is 0. The molecule has 18 heavy (non-hydrogen) atoms. The van der Waals surface area contributed by atoms with Crippen molar-refractivity contribution < 1.29 is 9.50 Å². The van der Waals surface area contributed by atoms with Crippen molar-refractivity contribution >= 4 is 11.0 Å². The van der Waals surface area contributed by atoms with Gasteiger partial charge in [-0.2, -0.15) is 0 Å². The number of aliphatic hydroxyl groups excluding tert-OH is 1. The SMILES string of the molecule is OC(c1ccc(F)cc1)c1ccc2nc[nH]c2c1. The highest BCUT2D eigenvalue weighted by atomic mass is 19.1. The zero-order valence-corrected chi connectivity index (χ0v) is 9.47. The molecule has 0 radical (unpaired) electrons. The molecule has 0 saturated carbocycles. The zero-order valence-electron chi connectivity index (χ0n) is 9.47. The van der Waals surface area contributed by atoms with Gasteiger partial charge in [0, 0.05) is 0 Å². The predicted molar refractivity (Wildman–Crippen MR) is 66.6 cm³/mol. The lowest BCUT2D eigenvalue weighted by Crippen LogP contribution is -1.99. The molecule has 3 aromatic rings. The Morgan fingerprint density at radius 3 is 2.56 bits per heavy atom. The lowest BCUT2D eigenvalue weighted by Gasteiger charge is -2.11. The number of nitrogens with one attached hydrogen (secondary N) is 1. The van der Waals surface area contributed by atoms with E-state index in [1.54, 1.807) is 18.5 Å². The quantitative estimate of drug-likeness (QED) is 0.726. The van der Waals surface area contributed by atoms with Gasteiger partial charge in [0.15, 0.2) is 0 Å². The number of halogens is 1. The molecule has 1 heterocycles. The molecule has 1 unspecified atom stereocenters. The van der Waals surface area contributed by atoms with E-state index in [0.717, 1.165) is 16.6 Å². The summed E-state index contributed by atoms with van der Waals surface area (Å²) in [5.74, 6) is -0.310. The molecule has 0 amide bonds. The van der Waals surface area contributed by atoms with Crippen LogP contribution in [0.3, 0.4) is 0 Å². The second kappa shape index (κ2) is 4.23. The Labute approximate surface area is 103 Å². The number of aromatic amines is 1. The Bertz CT molecular complexity index is 676. The summed E-state index contributed by atoms with van der Waals surface area (Å²) in [5.41, 5.74) is 3.13. The summed E-state index contributed by atoms with van der Waals surface area (Å²) >= 11 is 0. The summed E-state index contributed by atoms with van der Waals surface area (Å²) in [6.07, 6.45) is 0.844. The minimum atomic E-state index is -0.765. The minimum Gasteiger partial charge on any atom is -0.384 e. The highest BCUT2D eigenvalue weighted by Gasteiger charge is 2.11. The van der Waals surface area contributed by atoms with Gasteiger partial charge in [0.2, 0.25) is 0 Å². The molecule has 2 N–H and O–H groups in total. The van der Waals surface area contributed by atoms with E-state index in [0.29, 0.717) is 5.56 Å². The molecule has 0 aliphatic carbocycles.